The first kappa shape index (κ1) is 4.95. The Morgan fingerprint density at radius 3 is 2.11 bits per heavy atom. The van der Waals surface area contributed by atoms with Gasteiger partial charge in [0, 0.05) is 11.3 Å². The molecule has 0 N–H and O–H groups in total. The van der Waals surface area contributed by atoms with Crippen molar-refractivity contribution in [3.8, 4) is 0 Å². The molecule has 0 spiro atoms. The molecule has 2 unspecified atom stereocenters. The first-order valence-corrected chi connectivity index (χ1v) is 4.02. The van der Waals surface area contributed by atoms with Crippen molar-refractivity contribution in [3.05, 3.63) is 0 Å². The van der Waals surface area contributed by atoms with Gasteiger partial charge >= 0.3 is 0 Å². The first-order valence-electron chi connectivity index (χ1n) is 3.59. The fraction of sp³-hybridized carbons (Fsp3) is 1.00. The van der Waals surface area contributed by atoms with E-state index in [9.17, 15) is 4.39 Å². The minimum atomic E-state index is -0.525. The highest BCUT2D eigenvalue weighted by atomic mass is 35.5. The number of hydrogen-bond acceptors (Lipinski definition) is 0. The lowest BCUT2D eigenvalue weighted by Gasteiger charge is -2.06. The van der Waals surface area contributed by atoms with Crippen LogP contribution in [-0.4, -0.2) is 11.5 Å². The second kappa shape index (κ2) is 1.16. The maximum Gasteiger partial charge on any atom is 0.108 e. The standard InChI is InChI=1S/C7H8ClF/c8-6-3-1-2-4(6)5(2)7(3)9/h2-7H,1H2/t2-,3+,4?,5?,6-,7-/m0/s1. The minimum absolute atomic E-state index is 0.204. The third kappa shape index (κ3) is 0.348. The Morgan fingerprint density at radius 2 is 2.00 bits per heavy atom. The fourth-order valence-corrected chi connectivity index (χ4v) is 3.56. The molecule has 4 fully saturated rings. The molecule has 4 aliphatic carbocycles. The Labute approximate surface area is 58.4 Å². The van der Waals surface area contributed by atoms with Crippen LogP contribution in [0.1, 0.15) is 6.42 Å². The highest BCUT2D eigenvalue weighted by Crippen LogP contribution is 2.72. The zero-order chi connectivity index (χ0) is 6.17. The van der Waals surface area contributed by atoms with Crippen LogP contribution in [0.25, 0.3) is 0 Å². The second-order valence-corrected chi connectivity index (χ2v) is 4.11. The Morgan fingerprint density at radius 1 is 1.22 bits per heavy atom. The van der Waals surface area contributed by atoms with Crippen LogP contribution in [0, 0.1) is 23.7 Å². The molecule has 0 aliphatic heterocycles. The van der Waals surface area contributed by atoms with E-state index >= 15 is 0 Å². The zero-order valence-corrected chi connectivity index (χ0v) is 5.68. The van der Waals surface area contributed by atoms with Gasteiger partial charge in [-0.2, -0.15) is 0 Å². The maximum atomic E-state index is 13.0. The van der Waals surface area contributed by atoms with Crippen LogP contribution in [0.2, 0.25) is 0 Å². The Bertz CT molecular complexity index is 150. The normalized spacial score (nSPS) is 75.3. The summed E-state index contributed by atoms with van der Waals surface area (Å²) in [5, 5.41) is 0.204. The van der Waals surface area contributed by atoms with Crippen molar-refractivity contribution in [1.82, 2.24) is 0 Å². The van der Waals surface area contributed by atoms with E-state index in [2.05, 4.69) is 0 Å². The van der Waals surface area contributed by atoms with Gasteiger partial charge in [0.15, 0.2) is 0 Å². The van der Waals surface area contributed by atoms with Crippen molar-refractivity contribution in [3.63, 3.8) is 0 Å². The van der Waals surface area contributed by atoms with E-state index in [0.29, 0.717) is 17.8 Å². The summed E-state index contributed by atoms with van der Waals surface area (Å²) >= 11 is 5.95. The molecule has 4 bridgehead atoms. The molecule has 0 saturated heterocycles. The average Bonchev–Trinajstić information content (AvgIpc) is 2.18. The van der Waals surface area contributed by atoms with Crippen molar-refractivity contribution in [2.75, 3.05) is 0 Å². The Kier molecular flexibility index (Phi) is 0.638. The molecular weight excluding hydrogens is 139 g/mol. The average molecular weight is 147 g/mol. The molecule has 0 aromatic heterocycles. The van der Waals surface area contributed by atoms with E-state index in [-0.39, 0.29) is 11.3 Å². The topological polar surface area (TPSA) is 0 Å². The van der Waals surface area contributed by atoms with Crippen LogP contribution in [-0.2, 0) is 0 Å². The van der Waals surface area contributed by atoms with Crippen LogP contribution >= 0.6 is 11.6 Å². The summed E-state index contributed by atoms with van der Waals surface area (Å²) in [6.45, 7) is 0. The van der Waals surface area contributed by atoms with Crippen LogP contribution in [0.4, 0.5) is 4.39 Å². The highest BCUT2D eigenvalue weighted by Gasteiger charge is 2.73. The second-order valence-electron chi connectivity index (χ2n) is 3.61. The molecule has 4 aliphatic rings. The third-order valence-corrected chi connectivity index (χ3v) is 4.00. The van der Waals surface area contributed by atoms with Gasteiger partial charge < -0.3 is 0 Å². The van der Waals surface area contributed by atoms with Gasteiger partial charge in [-0.15, -0.1) is 11.6 Å². The van der Waals surface area contributed by atoms with Crippen molar-refractivity contribution in [1.29, 1.82) is 0 Å². The molecule has 0 aromatic carbocycles. The van der Waals surface area contributed by atoms with Crippen molar-refractivity contribution in [2.45, 2.75) is 18.0 Å². The summed E-state index contributed by atoms with van der Waals surface area (Å²) in [5.74, 6) is 1.93. The molecule has 9 heavy (non-hydrogen) atoms. The molecule has 0 amide bonds. The van der Waals surface area contributed by atoms with Crippen LogP contribution in [0.3, 0.4) is 0 Å². The molecule has 4 saturated carbocycles. The van der Waals surface area contributed by atoms with Crippen LogP contribution in [0.5, 0.6) is 0 Å². The number of hydrogen-bond donors (Lipinski definition) is 0. The predicted octanol–water partition coefficient (Wildman–Crippen LogP) is 1.83. The molecule has 4 rings (SSSR count). The van der Waals surface area contributed by atoms with Gasteiger partial charge in [-0.1, -0.05) is 0 Å². The Balaban J connectivity index is 2.07. The maximum absolute atomic E-state index is 13.0. The van der Waals surface area contributed by atoms with Crippen molar-refractivity contribution < 1.29 is 4.39 Å². The molecule has 0 nitrogen and oxygen atoms in total. The monoisotopic (exact) mass is 146 g/mol. The molecule has 50 valence electrons. The van der Waals surface area contributed by atoms with E-state index in [1.54, 1.807) is 0 Å². The number of alkyl halides is 2. The third-order valence-electron chi connectivity index (χ3n) is 3.39. The predicted molar refractivity (Wildman–Crippen MR) is 33.1 cm³/mol. The molecule has 0 radical (unpaired) electrons. The smallest absolute Gasteiger partial charge is 0.108 e. The quantitative estimate of drug-likeness (QED) is 0.458. The fourth-order valence-electron chi connectivity index (χ4n) is 2.96. The summed E-state index contributed by atoms with van der Waals surface area (Å²) in [5.41, 5.74) is 0. The molecular formula is C7H8ClF. The lowest BCUT2D eigenvalue weighted by molar-refractivity contribution is 0.272. The molecule has 0 heterocycles. The Hall–Kier alpha value is 0.220. The van der Waals surface area contributed by atoms with Gasteiger partial charge in [-0.25, -0.2) is 4.39 Å². The highest BCUT2D eigenvalue weighted by molar-refractivity contribution is 6.21. The SMILES string of the molecule is F[C@@H]1C2C3[C@@H]2C[C@@H]1[C@@H]3Cl. The van der Waals surface area contributed by atoms with Crippen molar-refractivity contribution >= 4 is 11.6 Å². The van der Waals surface area contributed by atoms with Crippen molar-refractivity contribution in [2.24, 2.45) is 23.7 Å². The van der Waals surface area contributed by atoms with Gasteiger partial charge in [0.25, 0.3) is 0 Å². The largest absolute Gasteiger partial charge is 0.247 e. The van der Waals surface area contributed by atoms with Gasteiger partial charge in [0.05, 0.1) is 0 Å². The summed E-state index contributed by atoms with van der Waals surface area (Å²) in [6.07, 6.45) is 0.562. The lowest BCUT2D eigenvalue weighted by Crippen LogP contribution is -2.11. The molecule has 6 atom stereocenters. The van der Waals surface area contributed by atoms with Crippen LogP contribution in [0.15, 0.2) is 0 Å². The van der Waals surface area contributed by atoms with E-state index in [1.165, 1.54) is 0 Å². The van der Waals surface area contributed by atoms with E-state index in [0.717, 1.165) is 6.42 Å². The number of rotatable bonds is 0. The van der Waals surface area contributed by atoms with Gasteiger partial charge in [0.1, 0.15) is 6.17 Å². The van der Waals surface area contributed by atoms with Crippen LogP contribution < -0.4 is 0 Å². The first-order chi connectivity index (χ1) is 4.30. The molecule has 2 heteroatoms. The van der Waals surface area contributed by atoms with E-state index in [1.807, 2.05) is 0 Å². The summed E-state index contributed by atoms with van der Waals surface area (Å²) in [4.78, 5) is 0. The van der Waals surface area contributed by atoms with E-state index < -0.39 is 6.17 Å². The van der Waals surface area contributed by atoms with Gasteiger partial charge in [-0.05, 0) is 24.2 Å². The summed E-state index contributed by atoms with van der Waals surface area (Å²) < 4.78 is 13.0. The van der Waals surface area contributed by atoms with Gasteiger partial charge in [-0.3, -0.25) is 0 Å². The summed E-state index contributed by atoms with van der Waals surface area (Å²) in [7, 11) is 0. The zero-order valence-electron chi connectivity index (χ0n) is 4.93. The lowest BCUT2D eigenvalue weighted by atomic mass is 10.1. The van der Waals surface area contributed by atoms with E-state index in [4.69, 9.17) is 11.6 Å². The summed E-state index contributed by atoms with van der Waals surface area (Å²) in [6, 6.07) is 0. The molecule has 0 aromatic rings. The minimum Gasteiger partial charge on any atom is -0.247 e. The number of halogens is 2. The van der Waals surface area contributed by atoms with Gasteiger partial charge in [0.2, 0.25) is 0 Å².